The smallest absolute Gasteiger partial charge is 0.254 e. The van der Waals surface area contributed by atoms with Crippen LogP contribution in [0.3, 0.4) is 0 Å². The van der Waals surface area contributed by atoms with Crippen LogP contribution in [-0.2, 0) is 4.74 Å². The van der Waals surface area contributed by atoms with E-state index in [-0.39, 0.29) is 23.1 Å². The van der Waals surface area contributed by atoms with Gasteiger partial charge in [-0.05, 0) is 31.5 Å². The summed E-state index contributed by atoms with van der Waals surface area (Å²) in [5, 5.41) is -0.0184. The molecule has 3 nitrogen and oxygen atoms in total. The van der Waals surface area contributed by atoms with Gasteiger partial charge in [0.25, 0.3) is 5.91 Å². The molecule has 0 N–H and O–H groups in total. The first kappa shape index (κ1) is 12.9. The van der Waals surface area contributed by atoms with E-state index in [1.165, 1.54) is 18.2 Å². The highest BCUT2D eigenvalue weighted by Crippen LogP contribution is 2.33. The van der Waals surface area contributed by atoms with Gasteiger partial charge < -0.3 is 9.64 Å². The molecule has 3 atom stereocenters. The van der Waals surface area contributed by atoms with Gasteiger partial charge in [-0.15, -0.1) is 0 Å². The van der Waals surface area contributed by atoms with E-state index in [1.807, 2.05) is 0 Å². The number of fused-ring (bicyclic) bond motifs is 1. The third-order valence-corrected chi connectivity index (χ3v) is 4.17. The fourth-order valence-corrected chi connectivity index (χ4v) is 3.16. The summed E-state index contributed by atoms with van der Waals surface area (Å²) in [7, 11) is 0. The number of benzene rings is 1. The van der Waals surface area contributed by atoms with Crippen molar-refractivity contribution in [3.05, 3.63) is 34.6 Å². The van der Waals surface area contributed by atoms with E-state index < -0.39 is 5.82 Å². The van der Waals surface area contributed by atoms with Crippen LogP contribution in [-0.4, -0.2) is 36.1 Å². The lowest BCUT2D eigenvalue weighted by Gasteiger charge is -2.18. The zero-order chi connectivity index (χ0) is 13.6. The van der Waals surface area contributed by atoms with Crippen molar-refractivity contribution in [1.29, 1.82) is 0 Å². The number of amides is 1. The summed E-state index contributed by atoms with van der Waals surface area (Å²) in [6.07, 6.45) is 1.43. The van der Waals surface area contributed by atoms with Crippen LogP contribution in [0.5, 0.6) is 0 Å². The molecule has 19 heavy (non-hydrogen) atoms. The number of ether oxygens (including phenoxy) is 1. The number of nitrogens with zero attached hydrogens (tertiary/aromatic N) is 1. The van der Waals surface area contributed by atoms with Gasteiger partial charge in [0.1, 0.15) is 5.82 Å². The number of hydrogen-bond acceptors (Lipinski definition) is 2. The summed E-state index contributed by atoms with van der Waals surface area (Å²) in [4.78, 5) is 14.1. The maximum absolute atomic E-state index is 13.1. The standard InChI is InChI=1S/C14H15ClFNO2/c1-8-4-10-6-17(7-13(10)19-8)14(18)9-2-3-12(16)11(15)5-9/h2-3,5,8,10,13H,4,6-7H2,1H3/t8-,10+,13-/m1/s1. The van der Waals surface area contributed by atoms with Crippen LogP contribution in [0.1, 0.15) is 23.7 Å². The summed E-state index contributed by atoms with van der Waals surface area (Å²) < 4.78 is 18.9. The average Bonchev–Trinajstić information content (AvgIpc) is 2.88. The Morgan fingerprint density at radius 1 is 1.47 bits per heavy atom. The third-order valence-electron chi connectivity index (χ3n) is 3.88. The molecule has 2 saturated heterocycles. The fraction of sp³-hybridized carbons (Fsp3) is 0.500. The average molecular weight is 284 g/mol. The van der Waals surface area contributed by atoms with Crippen molar-refractivity contribution in [3.63, 3.8) is 0 Å². The number of hydrogen-bond donors (Lipinski definition) is 0. The van der Waals surface area contributed by atoms with Gasteiger partial charge in [-0.1, -0.05) is 11.6 Å². The van der Waals surface area contributed by atoms with Crippen LogP contribution in [0.15, 0.2) is 18.2 Å². The summed E-state index contributed by atoms with van der Waals surface area (Å²) in [5.41, 5.74) is 0.430. The van der Waals surface area contributed by atoms with Crippen molar-refractivity contribution in [3.8, 4) is 0 Å². The predicted molar refractivity (Wildman–Crippen MR) is 69.8 cm³/mol. The van der Waals surface area contributed by atoms with Crippen LogP contribution >= 0.6 is 11.6 Å². The quantitative estimate of drug-likeness (QED) is 0.793. The SMILES string of the molecule is C[C@@H]1C[C@H]2CN(C(=O)c3ccc(F)c(Cl)c3)C[C@H]2O1. The van der Waals surface area contributed by atoms with Gasteiger partial charge in [-0.2, -0.15) is 0 Å². The molecule has 0 bridgehead atoms. The molecule has 102 valence electrons. The second kappa shape index (κ2) is 4.76. The van der Waals surface area contributed by atoms with Crippen molar-refractivity contribution >= 4 is 17.5 Å². The number of rotatable bonds is 1. The fourth-order valence-electron chi connectivity index (χ4n) is 2.98. The third kappa shape index (κ3) is 2.35. The van der Waals surface area contributed by atoms with Gasteiger partial charge >= 0.3 is 0 Å². The molecule has 1 aromatic rings. The Kier molecular flexibility index (Phi) is 3.23. The van der Waals surface area contributed by atoms with Gasteiger partial charge in [0.2, 0.25) is 0 Å². The zero-order valence-corrected chi connectivity index (χ0v) is 11.4. The number of carbonyl (C=O) groups is 1. The normalized spacial score (nSPS) is 29.6. The van der Waals surface area contributed by atoms with E-state index >= 15 is 0 Å². The van der Waals surface area contributed by atoms with E-state index in [4.69, 9.17) is 16.3 Å². The highest BCUT2D eigenvalue weighted by atomic mass is 35.5. The maximum atomic E-state index is 13.1. The van der Waals surface area contributed by atoms with Gasteiger partial charge in [-0.25, -0.2) is 4.39 Å². The minimum Gasteiger partial charge on any atom is -0.373 e. The number of halogens is 2. The van der Waals surface area contributed by atoms with Crippen molar-refractivity contribution in [2.24, 2.45) is 5.92 Å². The minimum atomic E-state index is -0.506. The lowest BCUT2D eigenvalue weighted by atomic mass is 10.0. The molecule has 2 heterocycles. The van der Waals surface area contributed by atoms with E-state index in [2.05, 4.69) is 6.92 Å². The molecular weight excluding hydrogens is 269 g/mol. The molecule has 1 aromatic carbocycles. The first-order valence-electron chi connectivity index (χ1n) is 6.44. The lowest BCUT2D eigenvalue weighted by molar-refractivity contribution is 0.0443. The van der Waals surface area contributed by atoms with Crippen LogP contribution in [0.25, 0.3) is 0 Å². The van der Waals surface area contributed by atoms with Gasteiger partial charge in [-0.3, -0.25) is 4.79 Å². The van der Waals surface area contributed by atoms with Gasteiger partial charge in [0, 0.05) is 24.6 Å². The molecule has 0 saturated carbocycles. The topological polar surface area (TPSA) is 29.5 Å². The van der Waals surface area contributed by atoms with E-state index in [0.29, 0.717) is 24.6 Å². The highest BCUT2D eigenvalue weighted by Gasteiger charge is 2.42. The monoisotopic (exact) mass is 283 g/mol. The predicted octanol–water partition coefficient (Wildman–Crippen LogP) is 2.73. The van der Waals surface area contributed by atoms with Crippen LogP contribution in [0, 0.1) is 11.7 Å². The minimum absolute atomic E-state index is 0.0184. The molecular formula is C14H15ClFNO2. The van der Waals surface area contributed by atoms with Crippen LogP contribution < -0.4 is 0 Å². The summed E-state index contributed by atoms with van der Waals surface area (Å²) in [6, 6.07) is 4.09. The van der Waals surface area contributed by atoms with Crippen molar-refractivity contribution in [1.82, 2.24) is 4.90 Å². The Morgan fingerprint density at radius 3 is 2.95 bits per heavy atom. The summed E-state index contributed by atoms with van der Waals surface area (Å²) in [6.45, 7) is 3.38. The Hall–Kier alpha value is -1.13. The molecule has 2 aliphatic rings. The molecule has 0 radical (unpaired) electrons. The molecule has 3 rings (SSSR count). The van der Waals surface area contributed by atoms with Crippen LogP contribution in [0.2, 0.25) is 5.02 Å². The van der Waals surface area contributed by atoms with Crippen molar-refractivity contribution < 1.29 is 13.9 Å². The largest absolute Gasteiger partial charge is 0.373 e. The van der Waals surface area contributed by atoms with Crippen LogP contribution in [0.4, 0.5) is 4.39 Å². The Morgan fingerprint density at radius 2 is 2.26 bits per heavy atom. The zero-order valence-electron chi connectivity index (χ0n) is 10.6. The van der Waals surface area contributed by atoms with E-state index in [0.717, 1.165) is 6.42 Å². The summed E-state index contributed by atoms with van der Waals surface area (Å²) in [5.74, 6) is -0.184. The second-order valence-electron chi connectivity index (χ2n) is 5.32. The molecule has 0 aliphatic carbocycles. The highest BCUT2D eigenvalue weighted by molar-refractivity contribution is 6.31. The second-order valence-corrected chi connectivity index (χ2v) is 5.73. The molecule has 2 fully saturated rings. The molecule has 2 aliphatic heterocycles. The van der Waals surface area contributed by atoms with Gasteiger partial charge in [0.15, 0.2) is 0 Å². The molecule has 0 spiro atoms. The summed E-state index contributed by atoms with van der Waals surface area (Å²) >= 11 is 5.71. The first-order chi connectivity index (χ1) is 9.04. The van der Waals surface area contributed by atoms with Gasteiger partial charge in [0.05, 0.1) is 17.2 Å². The van der Waals surface area contributed by atoms with Crippen molar-refractivity contribution in [2.75, 3.05) is 13.1 Å². The first-order valence-corrected chi connectivity index (χ1v) is 6.82. The lowest BCUT2D eigenvalue weighted by Crippen LogP contribution is -2.31. The number of carbonyl (C=O) groups excluding carboxylic acids is 1. The number of likely N-dealkylation sites (tertiary alicyclic amines) is 1. The molecule has 5 heteroatoms. The Balaban J connectivity index is 1.73. The molecule has 1 amide bonds. The van der Waals surface area contributed by atoms with E-state index in [9.17, 15) is 9.18 Å². The molecule has 0 aromatic heterocycles. The van der Waals surface area contributed by atoms with E-state index in [1.54, 1.807) is 4.90 Å². The van der Waals surface area contributed by atoms with Crippen molar-refractivity contribution in [2.45, 2.75) is 25.6 Å². The molecule has 0 unspecified atom stereocenters. The maximum Gasteiger partial charge on any atom is 0.254 e. The Bertz CT molecular complexity index is 508. The Labute approximate surface area is 116 Å².